The first-order valence-electron chi connectivity index (χ1n) is 4.94. The summed E-state index contributed by atoms with van der Waals surface area (Å²) < 4.78 is 1.12. The Balaban J connectivity index is 2.26. The van der Waals surface area contributed by atoms with Gasteiger partial charge in [0, 0.05) is 15.7 Å². The number of carbonyl (C=O) groups excluding carboxylic acids is 2. The van der Waals surface area contributed by atoms with Crippen LogP contribution in [0, 0.1) is 9.49 Å². The van der Waals surface area contributed by atoms with Crippen LogP contribution < -0.4 is 11.1 Å². The van der Waals surface area contributed by atoms with Crippen molar-refractivity contribution in [3.8, 4) is 0 Å². The van der Waals surface area contributed by atoms with Gasteiger partial charge in [-0.1, -0.05) is 0 Å². The van der Waals surface area contributed by atoms with E-state index in [1.54, 1.807) is 0 Å². The molecule has 1 aliphatic rings. The average molecular weight is 330 g/mol. The molecular formula is C11H11IN2O2. The normalized spacial score (nSPS) is 18.8. The third-order valence-corrected chi connectivity index (χ3v) is 3.28. The van der Waals surface area contributed by atoms with Gasteiger partial charge in [0.15, 0.2) is 0 Å². The van der Waals surface area contributed by atoms with Crippen molar-refractivity contribution in [2.75, 3.05) is 5.32 Å². The van der Waals surface area contributed by atoms with Gasteiger partial charge in [0.1, 0.15) is 0 Å². The molecule has 0 aromatic heterocycles. The minimum atomic E-state index is -0.436. The number of nitrogens with two attached hydrogens (primary N) is 1. The number of anilines is 1. The third kappa shape index (κ3) is 2.34. The molecule has 0 radical (unpaired) electrons. The molecule has 0 fully saturated rings. The van der Waals surface area contributed by atoms with Crippen LogP contribution in [0.3, 0.4) is 0 Å². The highest BCUT2D eigenvalue weighted by Crippen LogP contribution is 2.28. The van der Waals surface area contributed by atoms with Gasteiger partial charge in [-0.15, -0.1) is 0 Å². The molecule has 84 valence electrons. The number of hydrogen-bond donors (Lipinski definition) is 2. The van der Waals surface area contributed by atoms with Gasteiger partial charge in [0.05, 0.1) is 5.92 Å². The molecule has 16 heavy (non-hydrogen) atoms. The van der Waals surface area contributed by atoms with E-state index in [1.807, 2.05) is 18.2 Å². The number of amides is 2. The summed E-state index contributed by atoms with van der Waals surface area (Å²) in [6.45, 7) is 0. The van der Waals surface area contributed by atoms with Crippen LogP contribution in [0.5, 0.6) is 0 Å². The van der Waals surface area contributed by atoms with Crippen LogP contribution in [0.4, 0.5) is 5.69 Å². The molecule has 1 heterocycles. The zero-order valence-electron chi connectivity index (χ0n) is 8.50. The van der Waals surface area contributed by atoms with E-state index in [1.165, 1.54) is 0 Å². The Kier molecular flexibility index (Phi) is 3.13. The van der Waals surface area contributed by atoms with Crippen LogP contribution in [0.15, 0.2) is 18.2 Å². The van der Waals surface area contributed by atoms with Crippen molar-refractivity contribution in [2.45, 2.75) is 12.8 Å². The Labute approximate surface area is 107 Å². The fraction of sp³-hybridized carbons (Fsp3) is 0.273. The molecule has 1 aliphatic heterocycles. The highest BCUT2D eigenvalue weighted by atomic mass is 127. The molecule has 1 aromatic carbocycles. The van der Waals surface area contributed by atoms with Gasteiger partial charge in [0.25, 0.3) is 0 Å². The maximum atomic E-state index is 11.7. The van der Waals surface area contributed by atoms with Crippen molar-refractivity contribution in [1.82, 2.24) is 0 Å². The van der Waals surface area contributed by atoms with Crippen LogP contribution in [0.2, 0.25) is 0 Å². The third-order valence-electron chi connectivity index (χ3n) is 2.61. The van der Waals surface area contributed by atoms with Gasteiger partial charge in [-0.05, 0) is 52.8 Å². The van der Waals surface area contributed by atoms with E-state index in [-0.39, 0.29) is 18.2 Å². The Morgan fingerprint density at radius 3 is 3.00 bits per heavy atom. The Morgan fingerprint density at radius 1 is 1.56 bits per heavy atom. The first kappa shape index (κ1) is 11.4. The number of primary amides is 1. The quantitative estimate of drug-likeness (QED) is 0.802. The first-order valence-corrected chi connectivity index (χ1v) is 6.01. The van der Waals surface area contributed by atoms with Crippen molar-refractivity contribution in [3.05, 3.63) is 27.3 Å². The molecule has 4 nitrogen and oxygen atoms in total. The first-order chi connectivity index (χ1) is 7.56. The number of rotatable bonds is 2. The predicted octanol–water partition coefficient (Wildman–Crippen LogP) is 1.28. The lowest BCUT2D eigenvalue weighted by atomic mass is 9.90. The Hall–Kier alpha value is -1.11. The van der Waals surface area contributed by atoms with Gasteiger partial charge in [0.2, 0.25) is 11.8 Å². The van der Waals surface area contributed by atoms with Gasteiger partial charge >= 0.3 is 0 Å². The molecule has 0 spiro atoms. The second-order valence-electron chi connectivity index (χ2n) is 3.86. The summed E-state index contributed by atoms with van der Waals surface area (Å²) in [4.78, 5) is 22.5. The highest BCUT2D eigenvalue weighted by molar-refractivity contribution is 14.1. The van der Waals surface area contributed by atoms with Crippen LogP contribution in [-0.2, 0) is 16.0 Å². The monoisotopic (exact) mass is 330 g/mol. The molecule has 1 atom stereocenters. The van der Waals surface area contributed by atoms with Crippen molar-refractivity contribution >= 4 is 40.1 Å². The van der Waals surface area contributed by atoms with Crippen molar-refractivity contribution < 1.29 is 9.59 Å². The summed E-state index contributed by atoms with van der Waals surface area (Å²) >= 11 is 2.22. The minimum absolute atomic E-state index is 0.108. The molecule has 0 bridgehead atoms. The van der Waals surface area contributed by atoms with E-state index < -0.39 is 5.91 Å². The number of fused-ring (bicyclic) bond motifs is 1. The molecule has 0 saturated heterocycles. The summed E-state index contributed by atoms with van der Waals surface area (Å²) in [6.07, 6.45) is 0.692. The average Bonchev–Trinajstić information content (AvgIpc) is 2.19. The SMILES string of the molecule is NC(=O)CC1Cc2cc(I)ccc2NC1=O. The second-order valence-corrected chi connectivity index (χ2v) is 5.11. The lowest BCUT2D eigenvalue weighted by Gasteiger charge is -2.23. The van der Waals surface area contributed by atoms with Crippen molar-refractivity contribution in [2.24, 2.45) is 11.7 Å². The summed E-state index contributed by atoms with van der Waals surface area (Å²) in [5, 5.41) is 2.79. The maximum absolute atomic E-state index is 11.7. The number of carbonyl (C=O) groups is 2. The van der Waals surface area contributed by atoms with Gasteiger partial charge < -0.3 is 11.1 Å². The summed E-state index contributed by atoms with van der Waals surface area (Å²) in [6, 6.07) is 5.84. The van der Waals surface area contributed by atoms with Crippen LogP contribution in [-0.4, -0.2) is 11.8 Å². The molecule has 2 amide bonds. The van der Waals surface area contributed by atoms with Crippen LogP contribution in [0.25, 0.3) is 0 Å². The van der Waals surface area contributed by atoms with Crippen molar-refractivity contribution in [1.29, 1.82) is 0 Å². The minimum Gasteiger partial charge on any atom is -0.370 e. The highest BCUT2D eigenvalue weighted by Gasteiger charge is 2.27. The predicted molar refractivity (Wildman–Crippen MR) is 68.8 cm³/mol. The molecular weight excluding hydrogens is 319 g/mol. The topological polar surface area (TPSA) is 72.2 Å². The second kappa shape index (κ2) is 4.40. The lowest BCUT2D eigenvalue weighted by molar-refractivity contribution is -0.126. The van der Waals surface area contributed by atoms with E-state index in [0.717, 1.165) is 14.8 Å². The van der Waals surface area contributed by atoms with Crippen molar-refractivity contribution in [3.63, 3.8) is 0 Å². The Morgan fingerprint density at radius 2 is 2.31 bits per heavy atom. The molecule has 0 saturated carbocycles. The molecule has 1 aromatic rings. The van der Waals surface area contributed by atoms with Crippen LogP contribution in [0.1, 0.15) is 12.0 Å². The van der Waals surface area contributed by atoms with E-state index in [4.69, 9.17) is 5.73 Å². The molecule has 5 heteroatoms. The molecule has 3 N–H and O–H groups in total. The number of benzene rings is 1. The zero-order chi connectivity index (χ0) is 11.7. The van der Waals surface area contributed by atoms with E-state index in [2.05, 4.69) is 27.9 Å². The van der Waals surface area contributed by atoms with E-state index in [0.29, 0.717) is 6.42 Å². The van der Waals surface area contributed by atoms with Gasteiger partial charge in [-0.25, -0.2) is 0 Å². The molecule has 1 unspecified atom stereocenters. The standard InChI is InChI=1S/C11H11IN2O2/c12-8-1-2-9-6(4-8)3-7(5-10(13)15)11(16)14-9/h1-2,4,7H,3,5H2,(H2,13,15)(H,14,16). The van der Waals surface area contributed by atoms with Gasteiger partial charge in [-0.3, -0.25) is 9.59 Å². The van der Waals surface area contributed by atoms with E-state index in [9.17, 15) is 9.59 Å². The smallest absolute Gasteiger partial charge is 0.228 e. The number of hydrogen-bond acceptors (Lipinski definition) is 2. The summed E-state index contributed by atoms with van der Waals surface area (Å²) in [7, 11) is 0. The van der Waals surface area contributed by atoms with E-state index >= 15 is 0 Å². The largest absolute Gasteiger partial charge is 0.370 e. The lowest BCUT2D eigenvalue weighted by Crippen LogP contribution is -2.33. The zero-order valence-corrected chi connectivity index (χ0v) is 10.7. The summed E-state index contributed by atoms with van der Waals surface area (Å²) in [5.74, 6) is -0.884. The van der Waals surface area contributed by atoms with Crippen LogP contribution >= 0.6 is 22.6 Å². The Bertz CT molecular complexity index is 459. The number of halogens is 1. The van der Waals surface area contributed by atoms with Gasteiger partial charge in [-0.2, -0.15) is 0 Å². The summed E-state index contributed by atoms with van der Waals surface area (Å²) in [5.41, 5.74) is 7.02. The maximum Gasteiger partial charge on any atom is 0.228 e. The molecule has 2 rings (SSSR count). The fourth-order valence-corrected chi connectivity index (χ4v) is 2.41. The molecule has 0 aliphatic carbocycles. The number of nitrogens with one attached hydrogen (secondary N) is 1. The fourth-order valence-electron chi connectivity index (χ4n) is 1.85.